The summed E-state index contributed by atoms with van der Waals surface area (Å²) in [4.78, 5) is 0. The highest BCUT2D eigenvalue weighted by atomic mass is 79.9. The molecule has 0 amide bonds. The minimum atomic E-state index is -0.885. The SMILES string of the molecule is N#Cc1c(F)cc(Br)c(Br)c1F. The first kappa shape index (κ1) is 9.62. The molecule has 0 fully saturated rings. The maximum Gasteiger partial charge on any atom is 0.159 e. The van der Waals surface area contributed by atoms with Crippen LogP contribution in [0.3, 0.4) is 0 Å². The van der Waals surface area contributed by atoms with E-state index in [4.69, 9.17) is 5.26 Å². The van der Waals surface area contributed by atoms with Crippen molar-refractivity contribution in [3.63, 3.8) is 0 Å². The first-order valence-corrected chi connectivity index (χ1v) is 4.39. The molecule has 0 heterocycles. The third kappa shape index (κ3) is 1.50. The lowest BCUT2D eigenvalue weighted by molar-refractivity contribution is 0.571. The second-order valence-corrected chi connectivity index (χ2v) is 3.60. The van der Waals surface area contributed by atoms with E-state index in [2.05, 4.69) is 31.9 Å². The second kappa shape index (κ2) is 3.50. The van der Waals surface area contributed by atoms with Gasteiger partial charge in [0.05, 0.1) is 4.47 Å². The fourth-order valence-corrected chi connectivity index (χ4v) is 1.36. The van der Waals surface area contributed by atoms with Crippen LogP contribution in [-0.4, -0.2) is 0 Å². The van der Waals surface area contributed by atoms with Gasteiger partial charge in [0.1, 0.15) is 17.4 Å². The van der Waals surface area contributed by atoms with Crippen LogP contribution in [-0.2, 0) is 0 Å². The molecule has 0 aromatic heterocycles. The molecule has 0 aliphatic rings. The molecule has 1 aromatic rings. The summed E-state index contributed by atoms with van der Waals surface area (Å²) in [5, 5.41) is 8.35. The summed E-state index contributed by atoms with van der Waals surface area (Å²) in [6.07, 6.45) is 0. The highest BCUT2D eigenvalue weighted by Gasteiger charge is 2.14. The number of benzene rings is 1. The predicted octanol–water partition coefficient (Wildman–Crippen LogP) is 3.36. The van der Waals surface area contributed by atoms with Gasteiger partial charge in [0.15, 0.2) is 5.82 Å². The largest absolute Gasteiger partial charge is 0.205 e. The number of hydrogen-bond acceptors (Lipinski definition) is 1. The molecule has 1 aromatic carbocycles. The van der Waals surface area contributed by atoms with Crippen LogP contribution in [0.4, 0.5) is 8.78 Å². The fourth-order valence-electron chi connectivity index (χ4n) is 0.669. The second-order valence-electron chi connectivity index (χ2n) is 1.95. The maximum atomic E-state index is 13.0. The molecule has 0 atom stereocenters. The Balaban J connectivity index is 3.54. The van der Waals surface area contributed by atoms with Gasteiger partial charge in [0.2, 0.25) is 0 Å². The van der Waals surface area contributed by atoms with E-state index in [1.807, 2.05) is 0 Å². The van der Waals surface area contributed by atoms with Gasteiger partial charge in [-0.2, -0.15) is 5.26 Å². The van der Waals surface area contributed by atoms with Gasteiger partial charge in [0.25, 0.3) is 0 Å². The Bertz CT molecular complexity index is 371. The van der Waals surface area contributed by atoms with Gasteiger partial charge in [-0.3, -0.25) is 0 Å². The molecule has 0 spiro atoms. The van der Waals surface area contributed by atoms with E-state index >= 15 is 0 Å². The van der Waals surface area contributed by atoms with Crippen molar-refractivity contribution in [3.8, 4) is 6.07 Å². The number of nitrogens with zero attached hydrogens (tertiary/aromatic N) is 1. The minimum absolute atomic E-state index is 0.0560. The van der Waals surface area contributed by atoms with Crippen molar-refractivity contribution in [2.45, 2.75) is 0 Å². The third-order valence-corrected chi connectivity index (χ3v) is 3.16. The number of hydrogen-bond donors (Lipinski definition) is 0. The smallest absolute Gasteiger partial charge is 0.159 e. The van der Waals surface area contributed by atoms with Crippen molar-refractivity contribution < 1.29 is 8.78 Å². The summed E-state index contributed by atoms with van der Waals surface area (Å²) in [6.45, 7) is 0. The van der Waals surface area contributed by atoms with Crippen molar-refractivity contribution in [1.29, 1.82) is 5.26 Å². The van der Waals surface area contributed by atoms with E-state index in [1.165, 1.54) is 6.07 Å². The summed E-state index contributed by atoms with van der Waals surface area (Å²) in [5.74, 6) is -1.76. The zero-order chi connectivity index (χ0) is 9.30. The normalized spacial score (nSPS) is 9.58. The highest BCUT2D eigenvalue weighted by Crippen LogP contribution is 2.29. The van der Waals surface area contributed by atoms with Crippen LogP contribution in [0.5, 0.6) is 0 Å². The quantitative estimate of drug-likeness (QED) is 0.532. The van der Waals surface area contributed by atoms with E-state index < -0.39 is 17.2 Å². The van der Waals surface area contributed by atoms with Crippen molar-refractivity contribution in [2.24, 2.45) is 0 Å². The van der Waals surface area contributed by atoms with Crippen molar-refractivity contribution >= 4 is 31.9 Å². The van der Waals surface area contributed by atoms with Crippen LogP contribution < -0.4 is 0 Å². The molecule has 0 bridgehead atoms. The molecule has 0 saturated carbocycles. The topological polar surface area (TPSA) is 23.8 Å². The van der Waals surface area contributed by atoms with Gasteiger partial charge in [-0.1, -0.05) is 0 Å². The zero-order valence-electron chi connectivity index (χ0n) is 5.54. The molecule has 0 N–H and O–H groups in total. The van der Waals surface area contributed by atoms with Gasteiger partial charge in [-0.15, -0.1) is 0 Å². The predicted molar refractivity (Wildman–Crippen MR) is 46.5 cm³/mol. The van der Waals surface area contributed by atoms with Crippen LogP contribution in [0.1, 0.15) is 5.56 Å². The van der Waals surface area contributed by atoms with Crippen LogP contribution in [0.25, 0.3) is 0 Å². The molecule has 62 valence electrons. The molecule has 12 heavy (non-hydrogen) atoms. The standard InChI is InChI=1S/C7HBr2F2N/c8-4-1-5(10)3(2-12)7(11)6(4)9/h1H. The first-order chi connectivity index (χ1) is 5.57. The van der Waals surface area contributed by atoms with E-state index in [0.29, 0.717) is 0 Å². The summed E-state index contributed by atoms with van der Waals surface area (Å²) in [7, 11) is 0. The molecule has 0 unspecified atom stereocenters. The Hall–Kier alpha value is -0.470. The molecule has 0 radical (unpaired) electrons. The number of nitriles is 1. The molecule has 0 saturated heterocycles. The van der Waals surface area contributed by atoms with Crippen molar-refractivity contribution in [2.75, 3.05) is 0 Å². The van der Waals surface area contributed by atoms with Gasteiger partial charge < -0.3 is 0 Å². The fraction of sp³-hybridized carbons (Fsp3) is 0. The van der Waals surface area contributed by atoms with E-state index in [-0.39, 0.29) is 8.95 Å². The molecule has 1 nitrogen and oxygen atoms in total. The Morgan fingerprint density at radius 3 is 2.42 bits per heavy atom. The van der Waals surface area contributed by atoms with Gasteiger partial charge in [-0.25, -0.2) is 8.78 Å². The van der Waals surface area contributed by atoms with Crippen LogP contribution in [0, 0.1) is 23.0 Å². The van der Waals surface area contributed by atoms with Crippen molar-refractivity contribution in [1.82, 2.24) is 0 Å². The Kier molecular flexibility index (Phi) is 2.80. The average Bonchev–Trinajstić information content (AvgIpc) is 2.01. The third-order valence-electron chi connectivity index (χ3n) is 1.23. The zero-order valence-corrected chi connectivity index (χ0v) is 8.71. The monoisotopic (exact) mass is 295 g/mol. The summed E-state index contributed by atoms with van der Waals surface area (Å²) in [6, 6.07) is 2.46. The van der Waals surface area contributed by atoms with Gasteiger partial charge >= 0.3 is 0 Å². The molecular formula is C7HBr2F2N. The van der Waals surface area contributed by atoms with E-state index in [0.717, 1.165) is 6.07 Å². The Morgan fingerprint density at radius 2 is 1.92 bits per heavy atom. The average molecular weight is 297 g/mol. The highest BCUT2D eigenvalue weighted by molar-refractivity contribution is 9.13. The van der Waals surface area contributed by atoms with Crippen LogP contribution in [0.2, 0.25) is 0 Å². The molecule has 0 aliphatic heterocycles. The van der Waals surface area contributed by atoms with Crippen LogP contribution in [0.15, 0.2) is 15.0 Å². The van der Waals surface area contributed by atoms with E-state index in [1.54, 1.807) is 0 Å². The van der Waals surface area contributed by atoms with E-state index in [9.17, 15) is 8.78 Å². The van der Waals surface area contributed by atoms with Gasteiger partial charge in [0, 0.05) is 4.47 Å². The minimum Gasteiger partial charge on any atom is -0.205 e. The summed E-state index contributed by atoms with van der Waals surface area (Å²) < 4.78 is 26.1. The molecular weight excluding hydrogens is 296 g/mol. The lowest BCUT2D eigenvalue weighted by atomic mass is 10.2. The number of halogens is 4. The number of rotatable bonds is 0. The van der Waals surface area contributed by atoms with Gasteiger partial charge in [-0.05, 0) is 37.9 Å². The Labute approximate surface area is 84.3 Å². The Morgan fingerprint density at radius 1 is 1.33 bits per heavy atom. The molecule has 5 heteroatoms. The van der Waals surface area contributed by atoms with Crippen LogP contribution >= 0.6 is 31.9 Å². The lowest BCUT2D eigenvalue weighted by Crippen LogP contribution is -1.92. The summed E-state index contributed by atoms with van der Waals surface area (Å²) in [5.41, 5.74) is -0.579. The van der Waals surface area contributed by atoms with Crippen molar-refractivity contribution in [3.05, 3.63) is 32.2 Å². The molecule has 1 rings (SSSR count). The first-order valence-electron chi connectivity index (χ1n) is 2.81. The maximum absolute atomic E-state index is 13.0. The summed E-state index contributed by atoms with van der Waals surface area (Å²) >= 11 is 5.79. The lowest BCUT2D eigenvalue weighted by Gasteiger charge is -2.00. The molecule has 0 aliphatic carbocycles.